The second kappa shape index (κ2) is 12.4. The predicted molar refractivity (Wildman–Crippen MR) is 261 cm³/mol. The van der Waals surface area contributed by atoms with Gasteiger partial charge in [0, 0.05) is 27.8 Å². The maximum absolute atomic E-state index is 2.57. The van der Waals surface area contributed by atoms with Crippen LogP contribution >= 0.6 is 0 Å². The van der Waals surface area contributed by atoms with E-state index in [1.54, 1.807) is 0 Å². The molecule has 0 bridgehead atoms. The summed E-state index contributed by atoms with van der Waals surface area (Å²) in [5.41, 5.74) is 18.9. The maximum atomic E-state index is 2.57. The van der Waals surface area contributed by atoms with Crippen LogP contribution in [-0.4, -0.2) is 0 Å². The van der Waals surface area contributed by atoms with Gasteiger partial charge in [0.15, 0.2) is 0 Å². The Hall–Kier alpha value is -7.22. The summed E-state index contributed by atoms with van der Waals surface area (Å²) in [6.45, 7) is 9.57. The second-order valence-corrected chi connectivity index (χ2v) is 18.8. The average molecular weight is 792 g/mol. The van der Waals surface area contributed by atoms with E-state index in [1.807, 2.05) is 0 Å². The zero-order valence-corrected chi connectivity index (χ0v) is 35.5. The number of hydrogen-bond donors (Lipinski definition) is 0. The number of hydrogen-bond acceptors (Lipinski definition) is 1. The molecular weight excluding hydrogens is 747 g/mol. The van der Waals surface area contributed by atoms with Gasteiger partial charge in [0.05, 0.1) is 11.1 Å². The lowest BCUT2D eigenvalue weighted by atomic mass is 9.55. The SMILES string of the molecule is CC1(C)c2ccccc2C2(c3ccccc3-c3ccc(N(c4ccc5c6ccccc6c6ccccc6c5c4)c4cccc5c4-c4ccccc4C5(C)C)cc32)c2ccccc21. The Bertz CT molecular complexity index is 3460. The zero-order valence-electron chi connectivity index (χ0n) is 35.5. The van der Waals surface area contributed by atoms with Gasteiger partial charge in [-0.3, -0.25) is 0 Å². The molecule has 3 aliphatic carbocycles. The molecule has 62 heavy (non-hydrogen) atoms. The van der Waals surface area contributed by atoms with Crippen molar-refractivity contribution < 1.29 is 0 Å². The first-order chi connectivity index (χ1) is 30.3. The van der Waals surface area contributed by atoms with Gasteiger partial charge in [-0.25, -0.2) is 0 Å². The fraction of sp³-hybridized carbons (Fsp3) is 0.115. The van der Waals surface area contributed by atoms with E-state index in [1.165, 1.54) is 105 Å². The molecule has 0 radical (unpaired) electrons. The first kappa shape index (κ1) is 35.5. The quantitative estimate of drug-likeness (QED) is 0.161. The molecule has 0 saturated carbocycles. The van der Waals surface area contributed by atoms with Crippen LogP contribution in [-0.2, 0) is 16.2 Å². The lowest BCUT2D eigenvalue weighted by molar-refractivity contribution is 0.563. The van der Waals surface area contributed by atoms with Crippen molar-refractivity contribution >= 4 is 49.4 Å². The van der Waals surface area contributed by atoms with Gasteiger partial charge in [-0.05, 0) is 124 Å². The Morgan fingerprint density at radius 3 is 1.37 bits per heavy atom. The third-order valence-electron chi connectivity index (χ3n) is 15.1. The first-order valence-electron chi connectivity index (χ1n) is 22.1. The summed E-state index contributed by atoms with van der Waals surface area (Å²) >= 11 is 0. The topological polar surface area (TPSA) is 3.24 Å². The molecular formula is C61H45N. The van der Waals surface area contributed by atoms with Crippen molar-refractivity contribution in [2.24, 2.45) is 0 Å². The van der Waals surface area contributed by atoms with Gasteiger partial charge < -0.3 is 4.90 Å². The highest BCUT2D eigenvalue weighted by Crippen LogP contribution is 2.63. The zero-order chi connectivity index (χ0) is 41.5. The average Bonchev–Trinajstić information content (AvgIpc) is 3.74. The number of fused-ring (bicyclic) bond motifs is 18. The van der Waals surface area contributed by atoms with Crippen molar-refractivity contribution in [3.05, 3.63) is 245 Å². The van der Waals surface area contributed by atoms with E-state index >= 15 is 0 Å². The largest absolute Gasteiger partial charge is 0.310 e. The summed E-state index contributed by atoms with van der Waals surface area (Å²) in [4.78, 5) is 2.57. The van der Waals surface area contributed by atoms with E-state index in [2.05, 4.69) is 233 Å². The molecule has 0 heterocycles. The van der Waals surface area contributed by atoms with E-state index in [9.17, 15) is 0 Å². The van der Waals surface area contributed by atoms with Gasteiger partial charge in [-0.2, -0.15) is 0 Å². The highest BCUT2D eigenvalue weighted by molar-refractivity contribution is 6.26. The summed E-state index contributed by atoms with van der Waals surface area (Å²) in [6.07, 6.45) is 0. The van der Waals surface area contributed by atoms with Crippen molar-refractivity contribution in [3.63, 3.8) is 0 Å². The minimum atomic E-state index is -0.498. The van der Waals surface area contributed by atoms with Crippen LogP contribution in [0.25, 0.3) is 54.6 Å². The summed E-state index contributed by atoms with van der Waals surface area (Å²) in [6, 6.07) is 76.1. The second-order valence-electron chi connectivity index (χ2n) is 18.8. The van der Waals surface area contributed by atoms with Crippen LogP contribution in [0.1, 0.15) is 72.2 Å². The monoisotopic (exact) mass is 791 g/mol. The lowest BCUT2D eigenvalue weighted by Crippen LogP contribution is -2.40. The van der Waals surface area contributed by atoms with Crippen LogP contribution in [0.4, 0.5) is 17.1 Å². The number of nitrogens with zero attached hydrogens (tertiary/aromatic N) is 1. The normalized spacial score (nSPS) is 15.5. The Morgan fingerprint density at radius 1 is 0.290 bits per heavy atom. The molecule has 10 aromatic rings. The van der Waals surface area contributed by atoms with Crippen molar-refractivity contribution in [2.75, 3.05) is 4.90 Å². The Labute approximate surface area is 363 Å². The first-order valence-corrected chi connectivity index (χ1v) is 22.1. The van der Waals surface area contributed by atoms with Crippen LogP contribution in [0, 0.1) is 0 Å². The van der Waals surface area contributed by atoms with Crippen LogP contribution in [0.15, 0.2) is 200 Å². The van der Waals surface area contributed by atoms with Gasteiger partial charge in [0.2, 0.25) is 0 Å². The fourth-order valence-electron chi connectivity index (χ4n) is 12.4. The van der Waals surface area contributed by atoms with Gasteiger partial charge in [-0.1, -0.05) is 198 Å². The van der Waals surface area contributed by atoms with Gasteiger partial charge in [0.25, 0.3) is 0 Å². The van der Waals surface area contributed by atoms with Crippen LogP contribution in [0.2, 0.25) is 0 Å². The minimum absolute atomic E-state index is 0.141. The molecule has 0 saturated heterocycles. The van der Waals surface area contributed by atoms with E-state index in [0.717, 1.165) is 11.4 Å². The third-order valence-corrected chi connectivity index (χ3v) is 15.1. The Kier molecular flexibility index (Phi) is 7.12. The molecule has 0 aromatic heterocycles. The molecule has 0 fully saturated rings. The maximum Gasteiger partial charge on any atom is 0.0720 e. The van der Waals surface area contributed by atoms with Crippen molar-refractivity contribution in [1.29, 1.82) is 0 Å². The molecule has 0 amide bonds. The summed E-state index contributed by atoms with van der Waals surface area (Å²) in [7, 11) is 0. The van der Waals surface area contributed by atoms with E-state index in [4.69, 9.17) is 0 Å². The fourth-order valence-corrected chi connectivity index (χ4v) is 12.4. The standard InChI is InChI=1S/C61H45N/c1-59(2)49-24-11-10-23-47(49)58-55(59)30-17-31-57(58)62(38-32-34-44-42-20-6-5-18-40(42)41-19-7-8-21-43(41)48(44)36-38)39-33-35-46-45-22-9-12-25-50(45)61(56(46)37-39)53-28-15-13-26-51(53)60(3,4)52-27-14-16-29-54(52)61/h5-37H,1-4H3. The highest BCUT2D eigenvalue weighted by atomic mass is 15.1. The third kappa shape index (κ3) is 4.43. The summed E-state index contributed by atoms with van der Waals surface area (Å²) < 4.78 is 0. The molecule has 1 nitrogen and oxygen atoms in total. The molecule has 1 heteroatoms. The molecule has 0 N–H and O–H groups in total. The van der Waals surface area contributed by atoms with E-state index in [0.29, 0.717) is 0 Å². The summed E-state index contributed by atoms with van der Waals surface area (Å²) in [5, 5.41) is 7.66. The van der Waals surface area contributed by atoms with Crippen LogP contribution in [0.3, 0.4) is 0 Å². The number of rotatable bonds is 3. The summed E-state index contributed by atoms with van der Waals surface area (Å²) in [5.74, 6) is 0. The highest BCUT2D eigenvalue weighted by Gasteiger charge is 2.53. The molecule has 1 spiro atoms. The van der Waals surface area contributed by atoms with Gasteiger partial charge in [0.1, 0.15) is 0 Å². The van der Waals surface area contributed by atoms with E-state index < -0.39 is 5.41 Å². The van der Waals surface area contributed by atoms with Crippen LogP contribution < -0.4 is 4.90 Å². The predicted octanol–water partition coefficient (Wildman–Crippen LogP) is 15.9. The van der Waals surface area contributed by atoms with Crippen molar-refractivity contribution in [3.8, 4) is 22.3 Å². The molecule has 294 valence electrons. The van der Waals surface area contributed by atoms with Gasteiger partial charge in [-0.15, -0.1) is 0 Å². The number of anilines is 3. The van der Waals surface area contributed by atoms with E-state index in [-0.39, 0.29) is 10.8 Å². The molecule has 0 aliphatic heterocycles. The lowest BCUT2D eigenvalue weighted by Gasteiger charge is -2.46. The van der Waals surface area contributed by atoms with Crippen molar-refractivity contribution in [2.45, 2.75) is 43.9 Å². The molecule has 10 aromatic carbocycles. The Morgan fingerprint density at radius 2 is 0.726 bits per heavy atom. The molecule has 13 rings (SSSR count). The van der Waals surface area contributed by atoms with Crippen LogP contribution in [0.5, 0.6) is 0 Å². The minimum Gasteiger partial charge on any atom is -0.310 e. The Balaban J connectivity index is 1.14. The molecule has 3 aliphatic rings. The molecule has 0 atom stereocenters. The smallest absolute Gasteiger partial charge is 0.0720 e. The molecule has 0 unspecified atom stereocenters. The number of benzene rings is 10. The van der Waals surface area contributed by atoms with Gasteiger partial charge >= 0.3 is 0 Å². The van der Waals surface area contributed by atoms with Crippen molar-refractivity contribution in [1.82, 2.24) is 0 Å².